The average Bonchev–Trinajstić information content (AvgIpc) is 3.68. The van der Waals surface area contributed by atoms with E-state index in [9.17, 15) is 10.5 Å². The van der Waals surface area contributed by atoms with E-state index in [0.717, 1.165) is 55.0 Å². The van der Waals surface area contributed by atoms with Crippen molar-refractivity contribution in [1.29, 1.82) is 10.5 Å². The third-order valence-corrected chi connectivity index (χ3v) is 8.85. The van der Waals surface area contributed by atoms with E-state index >= 15 is 0 Å². The lowest BCUT2D eigenvalue weighted by Gasteiger charge is -2.11. The highest BCUT2D eigenvalue weighted by Gasteiger charge is 2.22. The average molecular weight is 614 g/mol. The summed E-state index contributed by atoms with van der Waals surface area (Å²) in [6.07, 6.45) is 0. The van der Waals surface area contributed by atoms with E-state index in [1.165, 1.54) is 5.39 Å². The molecule has 3 heterocycles. The Bertz CT molecular complexity index is 2700. The Hall–Kier alpha value is -7.09. The van der Waals surface area contributed by atoms with Crippen LogP contribution in [-0.2, 0) is 0 Å². The van der Waals surface area contributed by atoms with Gasteiger partial charge in [-0.2, -0.15) is 20.5 Å². The molecule has 3 aromatic heterocycles. The molecular weight excluding hydrogens is 591 g/mol. The van der Waals surface area contributed by atoms with Crippen LogP contribution >= 0.6 is 0 Å². The lowest BCUT2D eigenvalue weighted by atomic mass is 10.1. The predicted octanol–water partition coefficient (Wildman–Crippen LogP) is 9.14. The fourth-order valence-corrected chi connectivity index (χ4v) is 6.68. The summed E-state index contributed by atoms with van der Waals surface area (Å²) in [5, 5.41) is 23.3. The summed E-state index contributed by atoms with van der Waals surface area (Å²) in [7, 11) is 0. The van der Waals surface area contributed by atoms with Crippen LogP contribution in [0.3, 0.4) is 0 Å². The largest absolute Gasteiger partial charge is 0.309 e. The van der Waals surface area contributed by atoms with Gasteiger partial charge in [-0.05, 0) is 78.9 Å². The summed E-state index contributed by atoms with van der Waals surface area (Å²) in [6, 6.07) is 50.5. The van der Waals surface area contributed by atoms with Crippen LogP contribution in [0.1, 0.15) is 11.1 Å². The normalized spacial score (nSPS) is 11.3. The Morgan fingerprint density at radius 3 is 1.58 bits per heavy atom. The molecule has 7 heteroatoms. The van der Waals surface area contributed by atoms with Gasteiger partial charge >= 0.3 is 0 Å². The van der Waals surface area contributed by atoms with Crippen molar-refractivity contribution in [1.82, 2.24) is 24.1 Å². The first kappa shape index (κ1) is 27.2. The number of hydrogen-bond donors (Lipinski definition) is 0. The molecule has 0 aliphatic carbocycles. The van der Waals surface area contributed by atoms with E-state index in [2.05, 4.69) is 100 Å². The summed E-state index contributed by atoms with van der Waals surface area (Å²) in [4.78, 5) is 15.0. The van der Waals surface area contributed by atoms with E-state index in [1.807, 2.05) is 36.4 Å². The molecule has 0 amide bonds. The Morgan fingerprint density at radius 1 is 0.438 bits per heavy atom. The van der Waals surface area contributed by atoms with Crippen LogP contribution in [-0.4, -0.2) is 24.1 Å². The highest BCUT2D eigenvalue weighted by atomic mass is 15.2. The molecular formula is C41H23N7. The molecule has 0 unspecified atom stereocenters. The van der Waals surface area contributed by atoms with Crippen molar-refractivity contribution in [2.24, 2.45) is 0 Å². The number of fused-ring (bicyclic) bond motifs is 7. The van der Waals surface area contributed by atoms with Gasteiger partial charge in [-0.1, -0.05) is 60.7 Å². The van der Waals surface area contributed by atoms with E-state index < -0.39 is 0 Å². The molecule has 48 heavy (non-hydrogen) atoms. The monoisotopic (exact) mass is 613 g/mol. The van der Waals surface area contributed by atoms with Crippen LogP contribution in [0.2, 0.25) is 0 Å². The Morgan fingerprint density at radius 2 is 0.979 bits per heavy atom. The van der Waals surface area contributed by atoms with Gasteiger partial charge in [-0.15, -0.1) is 0 Å². The molecule has 9 aromatic rings. The molecule has 0 saturated carbocycles. The first-order chi connectivity index (χ1) is 23.7. The van der Waals surface area contributed by atoms with Gasteiger partial charge in [0.1, 0.15) is 0 Å². The quantitative estimate of drug-likeness (QED) is 0.197. The number of hydrogen-bond acceptors (Lipinski definition) is 5. The standard InChI is InChI=1S/C41H23N7/c42-24-26-14-18-28(19-15-26)39-44-40(29-20-16-27(25-43)17-21-29)46-41(45-39)48-35-13-7-5-11-33(35)37-36(48)23-22-32-31-10-4-6-12-34(31)47(38(32)37)30-8-2-1-3-9-30/h1-23H. The van der Waals surface area contributed by atoms with Gasteiger partial charge in [0.2, 0.25) is 5.95 Å². The van der Waals surface area contributed by atoms with Gasteiger partial charge in [-0.25, -0.2) is 4.98 Å². The second kappa shape index (κ2) is 10.8. The van der Waals surface area contributed by atoms with Crippen LogP contribution < -0.4 is 0 Å². The smallest absolute Gasteiger partial charge is 0.238 e. The second-order valence-corrected chi connectivity index (χ2v) is 11.6. The Labute approximate surface area is 274 Å². The van der Waals surface area contributed by atoms with Crippen LogP contribution in [0.4, 0.5) is 0 Å². The van der Waals surface area contributed by atoms with Gasteiger partial charge in [0.15, 0.2) is 11.6 Å². The minimum atomic E-state index is 0.469. The second-order valence-electron chi connectivity index (χ2n) is 11.6. The zero-order valence-corrected chi connectivity index (χ0v) is 25.4. The van der Waals surface area contributed by atoms with Crippen molar-refractivity contribution < 1.29 is 0 Å². The Kier molecular flexibility index (Phi) is 6.11. The van der Waals surface area contributed by atoms with Crippen molar-refractivity contribution in [2.45, 2.75) is 0 Å². The van der Waals surface area contributed by atoms with Gasteiger partial charge in [-0.3, -0.25) is 4.57 Å². The molecule has 0 saturated heterocycles. The third-order valence-electron chi connectivity index (χ3n) is 8.85. The predicted molar refractivity (Wildman–Crippen MR) is 189 cm³/mol. The molecule has 0 spiro atoms. The highest BCUT2D eigenvalue weighted by Crippen LogP contribution is 2.41. The molecule has 7 nitrogen and oxygen atoms in total. The number of para-hydroxylation sites is 3. The van der Waals surface area contributed by atoms with Gasteiger partial charge in [0, 0.05) is 38.4 Å². The van der Waals surface area contributed by atoms with E-state index in [1.54, 1.807) is 24.3 Å². The first-order valence-electron chi connectivity index (χ1n) is 15.5. The van der Waals surface area contributed by atoms with Gasteiger partial charge in [0.05, 0.1) is 45.3 Å². The Balaban J connectivity index is 1.39. The molecule has 0 aliphatic rings. The summed E-state index contributed by atoms with van der Waals surface area (Å²) >= 11 is 0. The number of rotatable bonds is 4. The maximum absolute atomic E-state index is 9.40. The van der Waals surface area contributed by atoms with Crippen molar-refractivity contribution in [3.05, 3.63) is 151 Å². The zero-order valence-electron chi connectivity index (χ0n) is 25.4. The molecule has 6 aromatic carbocycles. The lowest BCUT2D eigenvalue weighted by molar-refractivity contribution is 0.953. The maximum atomic E-state index is 9.40. The summed E-state index contributed by atoms with van der Waals surface area (Å²) in [6.45, 7) is 0. The minimum Gasteiger partial charge on any atom is -0.309 e. The molecule has 0 atom stereocenters. The highest BCUT2D eigenvalue weighted by molar-refractivity contribution is 6.26. The number of aromatic nitrogens is 5. The molecule has 0 bridgehead atoms. The molecule has 0 N–H and O–H groups in total. The van der Waals surface area contributed by atoms with Crippen molar-refractivity contribution in [2.75, 3.05) is 0 Å². The summed E-state index contributed by atoms with van der Waals surface area (Å²) < 4.78 is 4.46. The number of nitriles is 2. The van der Waals surface area contributed by atoms with Crippen LogP contribution in [0.25, 0.3) is 78.0 Å². The zero-order chi connectivity index (χ0) is 32.2. The molecule has 0 fully saturated rings. The van der Waals surface area contributed by atoms with Crippen LogP contribution in [0.15, 0.2) is 140 Å². The fraction of sp³-hybridized carbons (Fsp3) is 0. The SMILES string of the molecule is N#Cc1ccc(-c2nc(-c3ccc(C#N)cc3)nc(-n3c4ccccc4c4c3ccc3c5ccccc5n(-c5ccccc5)c34)n2)cc1. The number of nitrogens with zero attached hydrogens (tertiary/aromatic N) is 7. The molecule has 0 radical (unpaired) electrons. The fourth-order valence-electron chi connectivity index (χ4n) is 6.68. The summed E-state index contributed by atoms with van der Waals surface area (Å²) in [5.74, 6) is 1.43. The molecule has 222 valence electrons. The topological polar surface area (TPSA) is 96.1 Å². The van der Waals surface area contributed by atoms with Crippen LogP contribution in [0, 0.1) is 22.7 Å². The molecule has 0 aliphatic heterocycles. The third kappa shape index (κ3) is 4.16. The van der Waals surface area contributed by atoms with Gasteiger partial charge < -0.3 is 4.57 Å². The lowest BCUT2D eigenvalue weighted by Crippen LogP contribution is -2.06. The maximum Gasteiger partial charge on any atom is 0.238 e. The van der Waals surface area contributed by atoms with E-state index in [0.29, 0.717) is 28.7 Å². The van der Waals surface area contributed by atoms with Crippen molar-refractivity contribution in [3.8, 4) is 46.5 Å². The molecule has 9 rings (SSSR count). The number of benzene rings is 6. The summed E-state index contributed by atoms with van der Waals surface area (Å²) in [5.41, 5.74) is 7.90. The minimum absolute atomic E-state index is 0.469. The van der Waals surface area contributed by atoms with Crippen molar-refractivity contribution in [3.63, 3.8) is 0 Å². The van der Waals surface area contributed by atoms with E-state index in [-0.39, 0.29) is 0 Å². The van der Waals surface area contributed by atoms with E-state index in [4.69, 9.17) is 15.0 Å². The van der Waals surface area contributed by atoms with Gasteiger partial charge in [0.25, 0.3) is 0 Å². The van der Waals surface area contributed by atoms with Crippen LogP contribution in [0.5, 0.6) is 0 Å². The first-order valence-corrected chi connectivity index (χ1v) is 15.5. The van der Waals surface area contributed by atoms with Crippen molar-refractivity contribution >= 4 is 43.6 Å².